The average Bonchev–Trinajstić information content (AvgIpc) is 3.26. The third kappa shape index (κ3) is 3.23. The number of rotatable bonds is 3. The number of esters is 1. The molecule has 2 aromatic carbocycles. The Morgan fingerprint density at radius 2 is 1.66 bits per heavy atom. The van der Waals surface area contributed by atoms with Gasteiger partial charge in [-0.1, -0.05) is 12.1 Å². The topological polar surface area (TPSA) is 97.8 Å². The monoisotopic (exact) mass is 413 g/mol. The van der Waals surface area contributed by atoms with Gasteiger partial charge in [0.15, 0.2) is 11.9 Å². The van der Waals surface area contributed by atoms with Gasteiger partial charge in [0.1, 0.15) is 0 Å². The van der Waals surface area contributed by atoms with Crippen molar-refractivity contribution in [3.05, 3.63) is 59.2 Å². The zero-order chi connectivity index (χ0) is 20.8. The first-order valence-electron chi connectivity index (χ1n) is 9.33. The second kappa shape index (κ2) is 7.11. The number of amides is 1. The molecular weight excluding hydrogens is 394 g/mol. The van der Waals surface area contributed by atoms with E-state index in [0.29, 0.717) is 13.1 Å². The summed E-state index contributed by atoms with van der Waals surface area (Å²) in [7, 11) is -3.95. The van der Waals surface area contributed by atoms with Gasteiger partial charge in [-0.3, -0.25) is 9.59 Å². The van der Waals surface area contributed by atoms with E-state index >= 15 is 0 Å². The summed E-state index contributed by atoms with van der Waals surface area (Å²) in [5.41, 5.74) is 0.0992. The first-order chi connectivity index (χ1) is 13.8. The summed E-state index contributed by atoms with van der Waals surface area (Å²) >= 11 is 0. The van der Waals surface area contributed by atoms with Crippen molar-refractivity contribution in [2.24, 2.45) is 0 Å². The Morgan fingerprint density at radius 1 is 1.00 bits per heavy atom. The van der Waals surface area contributed by atoms with Gasteiger partial charge in [0.25, 0.3) is 5.91 Å². The van der Waals surface area contributed by atoms with Crippen molar-refractivity contribution in [1.82, 2.24) is 4.90 Å². The number of hydrogen-bond acceptors (Lipinski definition) is 6. The lowest BCUT2D eigenvalue weighted by atomic mass is 10.0. The summed E-state index contributed by atoms with van der Waals surface area (Å²) in [6.07, 6.45) is 0.866. The normalized spacial score (nSPS) is 18.0. The predicted molar refractivity (Wildman–Crippen MR) is 102 cm³/mol. The molecule has 4 rings (SSSR count). The molecule has 0 spiro atoms. The molecule has 0 N–H and O–H groups in total. The Morgan fingerprint density at radius 3 is 2.38 bits per heavy atom. The van der Waals surface area contributed by atoms with Crippen molar-refractivity contribution in [3.8, 4) is 0 Å². The highest BCUT2D eigenvalue weighted by Crippen LogP contribution is 2.34. The Balaban J connectivity index is 1.63. The molecule has 29 heavy (non-hydrogen) atoms. The van der Waals surface area contributed by atoms with Crippen molar-refractivity contribution in [2.75, 3.05) is 13.1 Å². The number of benzene rings is 2. The van der Waals surface area contributed by atoms with Gasteiger partial charge < -0.3 is 9.64 Å². The van der Waals surface area contributed by atoms with Crippen LogP contribution < -0.4 is 0 Å². The Bertz CT molecular complexity index is 1130. The molecule has 2 heterocycles. The number of fused-ring (bicyclic) bond motifs is 2. The molecule has 1 amide bonds. The smallest absolute Gasteiger partial charge is 0.338 e. The van der Waals surface area contributed by atoms with Gasteiger partial charge in [0.05, 0.1) is 15.4 Å². The minimum atomic E-state index is -3.95. The minimum Gasteiger partial charge on any atom is -0.449 e. The summed E-state index contributed by atoms with van der Waals surface area (Å²) in [5.74, 6) is -1.50. The van der Waals surface area contributed by atoms with Gasteiger partial charge in [-0.2, -0.15) is 0 Å². The molecule has 0 saturated carbocycles. The van der Waals surface area contributed by atoms with Gasteiger partial charge in [0.2, 0.25) is 9.84 Å². The van der Waals surface area contributed by atoms with E-state index in [2.05, 4.69) is 0 Å². The highest BCUT2D eigenvalue weighted by molar-refractivity contribution is 7.91. The van der Waals surface area contributed by atoms with Crippen LogP contribution in [0.25, 0.3) is 0 Å². The number of nitrogens with zero attached hydrogens (tertiary/aromatic N) is 1. The quantitative estimate of drug-likeness (QED) is 0.611. The standard InChI is InChI=1S/C21H19NO6S/c1-13(20(24)22-10-4-5-11-22)28-21(25)14-8-9-16-18(12-14)29(26,27)17-7-3-2-6-15(17)19(16)23/h2-3,6-9,12-13H,4-5,10-11H2,1H3/t13-/m1/s1. The molecule has 0 aromatic heterocycles. The number of carbonyl (C=O) groups is 3. The summed E-state index contributed by atoms with van der Waals surface area (Å²) in [4.78, 5) is 38.9. The molecule has 1 saturated heterocycles. The molecule has 0 radical (unpaired) electrons. The number of likely N-dealkylation sites (tertiary alicyclic amines) is 1. The first-order valence-corrected chi connectivity index (χ1v) is 10.8. The third-order valence-electron chi connectivity index (χ3n) is 5.22. The summed E-state index contributed by atoms with van der Waals surface area (Å²) in [5, 5.41) is 0. The van der Waals surface area contributed by atoms with E-state index in [-0.39, 0.29) is 32.4 Å². The molecule has 150 valence electrons. The molecule has 2 aromatic rings. The fraction of sp³-hybridized carbons (Fsp3) is 0.286. The van der Waals surface area contributed by atoms with E-state index in [0.717, 1.165) is 18.9 Å². The minimum absolute atomic E-state index is 0.0152. The van der Waals surface area contributed by atoms with Gasteiger partial charge in [-0.25, -0.2) is 13.2 Å². The van der Waals surface area contributed by atoms with Crippen molar-refractivity contribution in [2.45, 2.75) is 35.7 Å². The van der Waals surface area contributed by atoms with Crippen LogP contribution >= 0.6 is 0 Å². The molecule has 8 heteroatoms. The van der Waals surface area contributed by atoms with Crippen LogP contribution in [0.4, 0.5) is 0 Å². The fourth-order valence-electron chi connectivity index (χ4n) is 3.68. The summed E-state index contributed by atoms with van der Waals surface area (Å²) < 4.78 is 31.2. The fourth-order valence-corrected chi connectivity index (χ4v) is 5.36. The van der Waals surface area contributed by atoms with Crippen molar-refractivity contribution in [3.63, 3.8) is 0 Å². The zero-order valence-electron chi connectivity index (χ0n) is 15.8. The SMILES string of the molecule is C[C@@H](OC(=O)c1ccc2c(c1)S(=O)(=O)c1ccccc1C2=O)C(=O)N1CCCC1. The number of carbonyl (C=O) groups excluding carboxylic acids is 3. The van der Waals surface area contributed by atoms with Gasteiger partial charge >= 0.3 is 5.97 Å². The lowest BCUT2D eigenvalue weighted by Gasteiger charge is -2.21. The second-order valence-electron chi connectivity index (χ2n) is 7.12. The van der Waals surface area contributed by atoms with Gasteiger partial charge in [0, 0.05) is 24.2 Å². The highest BCUT2D eigenvalue weighted by Gasteiger charge is 2.35. The van der Waals surface area contributed by atoms with Crippen molar-refractivity contribution >= 4 is 27.5 Å². The maximum Gasteiger partial charge on any atom is 0.338 e. The van der Waals surface area contributed by atoms with E-state index in [1.54, 1.807) is 17.0 Å². The van der Waals surface area contributed by atoms with Gasteiger partial charge in [-0.05, 0) is 50.1 Å². The zero-order valence-corrected chi connectivity index (χ0v) is 16.6. The van der Waals surface area contributed by atoms with Crippen molar-refractivity contribution in [1.29, 1.82) is 0 Å². The molecule has 1 fully saturated rings. The average molecular weight is 413 g/mol. The predicted octanol–water partition coefficient (Wildman–Crippen LogP) is 2.23. The van der Waals surface area contributed by atoms with Crippen LogP contribution in [0.1, 0.15) is 46.0 Å². The maximum absolute atomic E-state index is 13.0. The molecule has 0 bridgehead atoms. The van der Waals surface area contributed by atoms with Crippen LogP contribution in [0, 0.1) is 0 Å². The second-order valence-corrected chi connectivity index (χ2v) is 9.01. The third-order valence-corrected chi connectivity index (χ3v) is 7.07. The summed E-state index contributed by atoms with van der Waals surface area (Å²) in [6, 6.07) is 9.78. The van der Waals surface area contributed by atoms with Crippen LogP contribution in [0.2, 0.25) is 0 Å². The first kappa shape index (κ1) is 19.3. The Hall–Kier alpha value is -3.00. The molecule has 2 aliphatic rings. The molecule has 7 nitrogen and oxygen atoms in total. The molecule has 0 unspecified atom stereocenters. The van der Waals surface area contributed by atoms with Gasteiger partial charge in [-0.15, -0.1) is 0 Å². The molecule has 2 aliphatic heterocycles. The number of hydrogen-bond donors (Lipinski definition) is 0. The Labute approximate surface area is 168 Å². The molecular formula is C21H19NO6S. The number of sulfone groups is 1. The molecule has 0 aliphatic carbocycles. The highest BCUT2D eigenvalue weighted by atomic mass is 32.2. The van der Waals surface area contributed by atoms with E-state index in [9.17, 15) is 22.8 Å². The van der Waals surface area contributed by atoms with Crippen LogP contribution in [0.15, 0.2) is 52.3 Å². The van der Waals surface area contributed by atoms with E-state index in [1.165, 1.54) is 31.2 Å². The number of ether oxygens (including phenoxy) is 1. The van der Waals surface area contributed by atoms with Crippen LogP contribution in [-0.2, 0) is 19.4 Å². The maximum atomic E-state index is 13.0. The van der Waals surface area contributed by atoms with Crippen LogP contribution in [0.3, 0.4) is 0 Å². The van der Waals surface area contributed by atoms with E-state index in [1.807, 2.05) is 0 Å². The van der Waals surface area contributed by atoms with Crippen LogP contribution in [0.5, 0.6) is 0 Å². The lowest BCUT2D eigenvalue weighted by molar-refractivity contribution is -0.138. The van der Waals surface area contributed by atoms with Crippen molar-refractivity contribution < 1.29 is 27.5 Å². The lowest BCUT2D eigenvalue weighted by Crippen LogP contribution is -2.38. The largest absolute Gasteiger partial charge is 0.449 e. The Kier molecular flexibility index (Phi) is 4.74. The number of ketones is 1. The summed E-state index contributed by atoms with van der Waals surface area (Å²) in [6.45, 7) is 2.77. The van der Waals surface area contributed by atoms with E-state index < -0.39 is 27.7 Å². The molecule has 1 atom stereocenters. The van der Waals surface area contributed by atoms with Crippen LogP contribution in [-0.4, -0.2) is 50.2 Å². The van der Waals surface area contributed by atoms with E-state index in [4.69, 9.17) is 4.74 Å².